The highest BCUT2D eigenvalue weighted by Gasteiger charge is 2.56. The summed E-state index contributed by atoms with van der Waals surface area (Å²) in [5.41, 5.74) is 2.25. The molecule has 0 bridgehead atoms. The Kier molecular flexibility index (Phi) is 6.85. The van der Waals surface area contributed by atoms with Crippen LogP contribution in [0.2, 0.25) is 0 Å². The average Bonchev–Trinajstić information content (AvgIpc) is 3.14. The molecule has 0 radical (unpaired) electrons. The third-order valence-corrected chi connectivity index (χ3v) is 3.89. The molecule has 1 unspecified atom stereocenters. The molecule has 1 aliphatic rings. The normalized spacial score (nSPS) is 20.1. The molecule has 112 valence electrons. The van der Waals surface area contributed by atoms with Gasteiger partial charge in [-0.05, 0) is 46.5 Å². The first-order valence-corrected chi connectivity index (χ1v) is 7.88. The summed E-state index contributed by atoms with van der Waals surface area (Å²) in [7, 11) is 0. The van der Waals surface area contributed by atoms with Crippen LogP contribution in [0.25, 0.3) is 0 Å². The molecule has 1 aliphatic carbocycles. The Balaban J connectivity index is 2.46. The van der Waals surface area contributed by atoms with Crippen molar-refractivity contribution in [1.82, 2.24) is 0 Å². The lowest BCUT2D eigenvalue weighted by Gasteiger charge is -2.13. The standard InChI is InChI=1S/C18H28O2/c1-5-7-8-9-10-11-12-13-18(17(19)20-6-2)14-16(18)15(3)4/h5-8,11-14H2,1-4H3. The Morgan fingerprint density at radius 1 is 1.20 bits per heavy atom. The second-order valence-electron chi connectivity index (χ2n) is 5.77. The average molecular weight is 276 g/mol. The summed E-state index contributed by atoms with van der Waals surface area (Å²) >= 11 is 0. The van der Waals surface area contributed by atoms with Crippen molar-refractivity contribution >= 4 is 5.97 Å². The van der Waals surface area contributed by atoms with Gasteiger partial charge in [-0.3, -0.25) is 4.79 Å². The van der Waals surface area contributed by atoms with Crippen molar-refractivity contribution < 1.29 is 9.53 Å². The molecule has 0 N–H and O–H groups in total. The molecule has 1 saturated carbocycles. The van der Waals surface area contributed by atoms with Crippen molar-refractivity contribution in [3.63, 3.8) is 0 Å². The molecule has 0 aliphatic heterocycles. The molecule has 1 fully saturated rings. The maximum absolute atomic E-state index is 12.2. The quantitative estimate of drug-likeness (QED) is 0.293. The third kappa shape index (κ3) is 4.40. The molecule has 0 saturated heterocycles. The van der Waals surface area contributed by atoms with Crippen LogP contribution in [0.5, 0.6) is 0 Å². The van der Waals surface area contributed by atoms with E-state index in [9.17, 15) is 4.79 Å². The van der Waals surface area contributed by atoms with Crippen molar-refractivity contribution in [3.05, 3.63) is 11.1 Å². The predicted molar refractivity (Wildman–Crippen MR) is 83.2 cm³/mol. The van der Waals surface area contributed by atoms with Gasteiger partial charge in [-0.15, -0.1) is 11.8 Å². The summed E-state index contributed by atoms with van der Waals surface area (Å²) in [5.74, 6) is 6.39. The summed E-state index contributed by atoms with van der Waals surface area (Å²) in [6, 6.07) is 0. The zero-order valence-electron chi connectivity index (χ0n) is 13.5. The Morgan fingerprint density at radius 3 is 2.35 bits per heavy atom. The Bertz CT molecular complexity index is 418. The topological polar surface area (TPSA) is 26.3 Å². The second-order valence-corrected chi connectivity index (χ2v) is 5.77. The van der Waals surface area contributed by atoms with Gasteiger partial charge in [0.05, 0.1) is 12.0 Å². The lowest BCUT2D eigenvalue weighted by molar-refractivity contribution is -0.149. The van der Waals surface area contributed by atoms with Gasteiger partial charge in [0, 0.05) is 12.8 Å². The largest absolute Gasteiger partial charge is 0.465 e. The highest BCUT2D eigenvalue weighted by molar-refractivity contribution is 5.86. The van der Waals surface area contributed by atoms with Gasteiger partial charge in [0.15, 0.2) is 0 Å². The predicted octanol–water partition coefficient (Wildman–Crippen LogP) is 4.64. The lowest BCUT2D eigenvalue weighted by Crippen LogP contribution is -2.19. The number of carbonyl (C=O) groups is 1. The Hall–Kier alpha value is -1.23. The molecule has 0 amide bonds. The van der Waals surface area contributed by atoms with Crippen LogP contribution >= 0.6 is 0 Å². The fourth-order valence-electron chi connectivity index (χ4n) is 2.64. The monoisotopic (exact) mass is 276 g/mol. The molecule has 1 atom stereocenters. The summed E-state index contributed by atoms with van der Waals surface area (Å²) in [6.07, 6.45) is 7.02. The van der Waals surface area contributed by atoms with Crippen molar-refractivity contribution in [2.24, 2.45) is 5.41 Å². The molecule has 0 aromatic carbocycles. The highest BCUT2D eigenvalue weighted by Crippen LogP contribution is 2.58. The number of carbonyl (C=O) groups excluding carboxylic acids is 1. The number of hydrogen-bond acceptors (Lipinski definition) is 2. The first kappa shape index (κ1) is 16.8. The van der Waals surface area contributed by atoms with E-state index >= 15 is 0 Å². The van der Waals surface area contributed by atoms with E-state index in [1.807, 2.05) is 6.92 Å². The number of esters is 1. The molecule has 2 nitrogen and oxygen atoms in total. The second kappa shape index (κ2) is 8.15. The first-order valence-electron chi connectivity index (χ1n) is 7.88. The number of rotatable bonds is 7. The van der Waals surface area contributed by atoms with Gasteiger partial charge >= 0.3 is 5.97 Å². The van der Waals surface area contributed by atoms with Crippen molar-refractivity contribution in [2.45, 2.75) is 72.6 Å². The lowest BCUT2D eigenvalue weighted by atomic mass is 9.96. The van der Waals surface area contributed by atoms with Gasteiger partial charge in [0.2, 0.25) is 0 Å². The zero-order chi connectivity index (χ0) is 15.0. The van der Waals surface area contributed by atoms with E-state index in [-0.39, 0.29) is 11.4 Å². The first-order chi connectivity index (χ1) is 9.58. The van der Waals surface area contributed by atoms with Crippen LogP contribution in [0.1, 0.15) is 72.6 Å². The molecule has 0 aromatic rings. The smallest absolute Gasteiger partial charge is 0.316 e. The number of allylic oxidation sites excluding steroid dienone is 1. The molecule has 2 heteroatoms. The van der Waals surface area contributed by atoms with Crippen molar-refractivity contribution in [2.75, 3.05) is 6.61 Å². The molecule has 1 rings (SSSR count). The maximum atomic E-state index is 12.2. The van der Waals surface area contributed by atoms with E-state index in [1.165, 1.54) is 24.0 Å². The number of unbranched alkanes of at least 4 members (excludes halogenated alkanes) is 3. The number of ether oxygens (including phenoxy) is 1. The molecule has 0 aromatic heterocycles. The molecule has 0 spiro atoms. The van der Waals surface area contributed by atoms with Gasteiger partial charge in [-0.2, -0.15) is 0 Å². The molecular weight excluding hydrogens is 248 g/mol. The minimum atomic E-state index is -0.306. The number of hydrogen-bond donors (Lipinski definition) is 0. The zero-order valence-corrected chi connectivity index (χ0v) is 13.5. The summed E-state index contributed by atoms with van der Waals surface area (Å²) < 4.78 is 5.25. The van der Waals surface area contributed by atoms with E-state index in [0.29, 0.717) is 6.61 Å². The van der Waals surface area contributed by atoms with Crippen LogP contribution in [-0.4, -0.2) is 12.6 Å². The van der Waals surface area contributed by atoms with Crippen molar-refractivity contribution in [1.29, 1.82) is 0 Å². The summed E-state index contributed by atoms with van der Waals surface area (Å²) in [6.45, 7) is 8.68. The maximum Gasteiger partial charge on any atom is 0.316 e. The van der Waals surface area contributed by atoms with Crippen LogP contribution < -0.4 is 0 Å². The Morgan fingerprint density at radius 2 is 1.85 bits per heavy atom. The minimum absolute atomic E-state index is 0.0323. The van der Waals surface area contributed by atoms with E-state index in [4.69, 9.17) is 4.74 Å². The molecular formula is C18H28O2. The van der Waals surface area contributed by atoms with Crippen LogP contribution in [0.15, 0.2) is 11.1 Å². The fraction of sp³-hybridized carbons (Fsp3) is 0.722. The van der Waals surface area contributed by atoms with Gasteiger partial charge < -0.3 is 4.74 Å². The minimum Gasteiger partial charge on any atom is -0.465 e. The van der Waals surface area contributed by atoms with Crippen molar-refractivity contribution in [3.8, 4) is 11.8 Å². The third-order valence-electron chi connectivity index (χ3n) is 3.89. The fourth-order valence-corrected chi connectivity index (χ4v) is 2.64. The van der Waals surface area contributed by atoms with Gasteiger partial charge in [0.1, 0.15) is 0 Å². The van der Waals surface area contributed by atoms with Crippen LogP contribution in [0.3, 0.4) is 0 Å². The van der Waals surface area contributed by atoms with Crippen LogP contribution in [0, 0.1) is 17.3 Å². The van der Waals surface area contributed by atoms with E-state index < -0.39 is 0 Å². The van der Waals surface area contributed by atoms with Gasteiger partial charge in [-0.1, -0.05) is 24.5 Å². The molecule has 20 heavy (non-hydrogen) atoms. The van der Waals surface area contributed by atoms with Gasteiger partial charge in [0.25, 0.3) is 0 Å². The van der Waals surface area contributed by atoms with Gasteiger partial charge in [-0.25, -0.2) is 0 Å². The molecule has 0 heterocycles. The SMILES string of the molecule is CCCCC#CCCCC1(C(=O)OCC)CC1=C(C)C. The van der Waals surface area contributed by atoms with Crippen LogP contribution in [0.4, 0.5) is 0 Å². The Labute approximate surface area is 124 Å². The van der Waals surface area contributed by atoms with E-state index in [0.717, 1.165) is 32.1 Å². The van der Waals surface area contributed by atoms with E-state index in [1.54, 1.807) is 0 Å². The van der Waals surface area contributed by atoms with Crippen LogP contribution in [-0.2, 0) is 9.53 Å². The summed E-state index contributed by atoms with van der Waals surface area (Å²) in [4.78, 5) is 12.2. The van der Waals surface area contributed by atoms with E-state index in [2.05, 4.69) is 32.6 Å². The highest BCUT2D eigenvalue weighted by atomic mass is 16.5. The summed E-state index contributed by atoms with van der Waals surface area (Å²) in [5, 5.41) is 0.